The summed E-state index contributed by atoms with van der Waals surface area (Å²) < 4.78 is 10.4. The van der Waals surface area contributed by atoms with Gasteiger partial charge in [-0.3, -0.25) is 4.79 Å². The molecule has 0 aromatic heterocycles. The van der Waals surface area contributed by atoms with Gasteiger partial charge in [0.1, 0.15) is 6.61 Å². The highest BCUT2D eigenvalue weighted by Crippen LogP contribution is 2.20. The molecule has 0 saturated carbocycles. The van der Waals surface area contributed by atoms with Crippen molar-refractivity contribution in [1.82, 2.24) is 4.90 Å². The molecule has 1 heterocycles. The van der Waals surface area contributed by atoms with Crippen LogP contribution in [-0.4, -0.2) is 36.7 Å². The second-order valence-corrected chi connectivity index (χ2v) is 5.96. The minimum Gasteiger partial charge on any atom is -0.466 e. The van der Waals surface area contributed by atoms with Crippen LogP contribution in [-0.2, 0) is 20.9 Å². The Morgan fingerprint density at radius 2 is 1.96 bits per heavy atom. The van der Waals surface area contributed by atoms with Crippen LogP contribution < -0.4 is 0 Å². The molecule has 0 N–H and O–H groups in total. The number of carbonyl (C=O) groups is 2. The van der Waals surface area contributed by atoms with Gasteiger partial charge in [-0.15, -0.1) is 0 Å². The number of hydrogen-bond acceptors (Lipinski definition) is 4. The molecular formula is C19H25NO4. The highest BCUT2D eigenvalue weighted by Gasteiger charge is 2.21. The molecule has 2 rings (SSSR count). The third-order valence-electron chi connectivity index (χ3n) is 4.02. The van der Waals surface area contributed by atoms with Gasteiger partial charge in [-0.1, -0.05) is 48.9 Å². The summed E-state index contributed by atoms with van der Waals surface area (Å²) in [6.45, 7) is 5.52. The summed E-state index contributed by atoms with van der Waals surface area (Å²) in [7, 11) is 0. The Kier molecular flexibility index (Phi) is 6.85. The molecule has 0 spiro atoms. The van der Waals surface area contributed by atoms with Crippen LogP contribution in [0.2, 0.25) is 0 Å². The molecule has 1 atom stereocenters. The lowest BCUT2D eigenvalue weighted by Gasteiger charge is -2.26. The van der Waals surface area contributed by atoms with Crippen LogP contribution in [0.3, 0.4) is 0 Å². The molecule has 0 saturated heterocycles. The Balaban J connectivity index is 1.77. The molecule has 1 aliphatic rings. The normalized spacial score (nSPS) is 15.4. The Morgan fingerprint density at radius 3 is 2.58 bits per heavy atom. The van der Waals surface area contributed by atoms with E-state index in [2.05, 4.69) is 0 Å². The number of carbonyl (C=O) groups excluding carboxylic acids is 2. The van der Waals surface area contributed by atoms with E-state index in [1.807, 2.05) is 50.3 Å². The molecule has 1 amide bonds. The minimum atomic E-state index is -0.299. The largest absolute Gasteiger partial charge is 0.466 e. The number of hydrogen-bond donors (Lipinski definition) is 0. The zero-order valence-corrected chi connectivity index (χ0v) is 14.4. The van der Waals surface area contributed by atoms with Crippen molar-refractivity contribution in [3.63, 3.8) is 0 Å². The van der Waals surface area contributed by atoms with Crippen molar-refractivity contribution < 1.29 is 19.1 Å². The van der Waals surface area contributed by atoms with E-state index >= 15 is 0 Å². The summed E-state index contributed by atoms with van der Waals surface area (Å²) in [5, 5.41) is 0. The van der Waals surface area contributed by atoms with E-state index in [0.29, 0.717) is 26.1 Å². The van der Waals surface area contributed by atoms with Crippen molar-refractivity contribution in [3.05, 3.63) is 47.5 Å². The number of esters is 1. The summed E-state index contributed by atoms with van der Waals surface area (Å²) in [4.78, 5) is 25.5. The number of rotatable bonds is 6. The maximum absolute atomic E-state index is 12.1. The average Bonchev–Trinajstić information content (AvgIpc) is 2.61. The molecule has 5 nitrogen and oxygen atoms in total. The summed E-state index contributed by atoms with van der Waals surface area (Å²) in [6.07, 6.45) is 3.17. The topological polar surface area (TPSA) is 55.8 Å². The van der Waals surface area contributed by atoms with Gasteiger partial charge in [0.15, 0.2) is 0 Å². The van der Waals surface area contributed by atoms with Crippen LogP contribution in [0, 0.1) is 5.92 Å². The third kappa shape index (κ3) is 5.41. The van der Waals surface area contributed by atoms with E-state index in [4.69, 9.17) is 9.47 Å². The standard InChI is InChI=1S/C19H25NO4/c1-3-23-18(21)15(2)13-16-9-11-20(12-10-16)19(22)24-14-17-7-5-4-6-8-17/h4-9,15H,3,10-14H2,1-2H3. The third-order valence-corrected chi connectivity index (χ3v) is 4.02. The fourth-order valence-corrected chi connectivity index (χ4v) is 2.63. The molecule has 5 heteroatoms. The van der Waals surface area contributed by atoms with E-state index in [-0.39, 0.29) is 24.6 Å². The molecular weight excluding hydrogens is 306 g/mol. The van der Waals surface area contributed by atoms with Crippen LogP contribution in [0.5, 0.6) is 0 Å². The maximum Gasteiger partial charge on any atom is 0.410 e. The lowest BCUT2D eigenvalue weighted by atomic mass is 9.96. The minimum absolute atomic E-state index is 0.146. The van der Waals surface area contributed by atoms with Crippen molar-refractivity contribution in [2.45, 2.75) is 33.3 Å². The molecule has 0 aliphatic carbocycles. The highest BCUT2D eigenvalue weighted by molar-refractivity contribution is 5.72. The first-order valence-corrected chi connectivity index (χ1v) is 8.40. The first-order chi connectivity index (χ1) is 11.6. The zero-order valence-electron chi connectivity index (χ0n) is 14.4. The molecule has 0 bridgehead atoms. The molecule has 130 valence electrons. The SMILES string of the molecule is CCOC(=O)C(C)CC1=CCN(C(=O)OCc2ccccc2)CC1. The summed E-state index contributed by atoms with van der Waals surface area (Å²) >= 11 is 0. The molecule has 1 aromatic carbocycles. The Labute approximate surface area is 143 Å². The van der Waals surface area contributed by atoms with Crippen LogP contribution in [0.1, 0.15) is 32.3 Å². The number of ether oxygens (including phenoxy) is 2. The quantitative estimate of drug-likeness (QED) is 0.591. The summed E-state index contributed by atoms with van der Waals surface area (Å²) in [6, 6.07) is 9.63. The van der Waals surface area contributed by atoms with Crippen LogP contribution in [0.25, 0.3) is 0 Å². The van der Waals surface area contributed by atoms with Gasteiger partial charge in [-0.25, -0.2) is 4.79 Å². The van der Waals surface area contributed by atoms with Crippen molar-refractivity contribution in [2.24, 2.45) is 5.92 Å². The van der Waals surface area contributed by atoms with E-state index in [9.17, 15) is 9.59 Å². The van der Waals surface area contributed by atoms with Gasteiger partial charge in [-0.05, 0) is 25.3 Å². The fourth-order valence-electron chi connectivity index (χ4n) is 2.63. The Morgan fingerprint density at radius 1 is 1.21 bits per heavy atom. The van der Waals surface area contributed by atoms with Gasteiger partial charge >= 0.3 is 12.1 Å². The second kappa shape index (κ2) is 9.11. The Hall–Kier alpha value is -2.30. The maximum atomic E-state index is 12.1. The van der Waals surface area contributed by atoms with Gasteiger partial charge in [0, 0.05) is 13.1 Å². The van der Waals surface area contributed by atoms with Gasteiger partial charge in [0.25, 0.3) is 0 Å². The number of nitrogens with zero attached hydrogens (tertiary/aromatic N) is 1. The van der Waals surface area contributed by atoms with Crippen molar-refractivity contribution >= 4 is 12.1 Å². The van der Waals surface area contributed by atoms with Crippen LogP contribution in [0.4, 0.5) is 4.79 Å². The molecule has 1 aliphatic heterocycles. The predicted octanol–water partition coefficient (Wildman–Crippen LogP) is 3.54. The zero-order chi connectivity index (χ0) is 17.4. The van der Waals surface area contributed by atoms with E-state index in [1.165, 1.54) is 5.57 Å². The van der Waals surface area contributed by atoms with Crippen molar-refractivity contribution in [3.8, 4) is 0 Å². The van der Waals surface area contributed by atoms with E-state index < -0.39 is 0 Å². The van der Waals surface area contributed by atoms with Crippen molar-refractivity contribution in [2.75, 3.05) is 19.7 Å². The van der Waals surface area contributed by atoms with Crippen LogP contribution >= 0.6 is 0 Å². The average molecular weight is 331 g/mol. The highest BCUT2D eigenvalue weighted by atomic mass is 16.6. The molecule has 1 aromatic rings. The first-order valence-electron chi connectivity index (χ1n) is 8.40. The van der Waals surface area contributed by atoms with Gasteiger partial charge < -0.3 is 14.4 Å². The smallest absolute Gasteiger partial charge is 0.410 e. The van der Waals surface area contributed by atoms with E-state index in [1.54, 1.807) is 4.90 Å². The Bertz CT molecular complexity index is 582. The lowest BCUT2D eigenvalue weighted by Crippen LogP contribution is -2.35. The summed E-state index contributed by atoms with van der Waals surface area (Å²) in [5.41, 5.74) is 2.17. The predicted molar refractivity (Wildman–Crippen MR) is 91.3 cm³/mol. The summed E-state index contributed by atoms with van der Waals surface area (Å²) in [5.74, 6) is -0.309. The number of benzene rings is 1. The van der Waals surface area contributed by atoms with E-state index in [0.717, 1.165) is 12.0 Å². The molecule has 0 fully saturated rings. The molecule has 1 unspecified atom stereocenters. The molecule has 0 radical (unpaired) electrons. The monoisotopic (exact) mass is 331 g/mol. The fraction of sp³-hybridized carbons (Fsp3) is 0.474. The first kappa shape index (κ1) is 18.0. The van der Waals surface area contributed by atoms with Crippen LogP contribution in [0.15, 0.2) is 42.0 Å². The van der Waals surface area contributed by atoms with Gasteiger partial charge in [0.2, 0.25) is 0 Å². The lowest BCUT2D eigenvalue weighted by molar-refractivity contribution is -0.147. The molecule has 24 heavy (non-hydrogen) atoms. The van der Waals surface area contributed by atoms with Gasteiger partial charge in [-0.2, -0.15) is 0 Å². The van der Waals surface area contributed by atoms with Gasteiger partial charge in [0.05, 0.1) is 12.5 Å². The van der Waals surface area contributed by atoms with Crippen molar-refractivity contribution in [1.29, 1.82) is 0 Å². The second-order valence-electron chi connectivity index (χ2n) is 5.96. The number of amides is 1.